The van der Waals surface area contributed by atoms with E-state index in [-0.39, 0.29) is 9.79 Å². The maximum Gasteiger partial charge on any atom is 0.264 e. The molecule has 0 heterocycles. The molecule has 3 aromatic rings. The molecule has 0 saturated carbocycles. The van der Waals surface area contributed by atoms with Gasteiger partial charge in [0.15, 0.2) is 9.84 Å². The second-order valence-corrected chi connectivity index (χ2v) is 13.2. The number of rotatable bonds is 12. The van der Waals surface area contributed by atoms with Gasteiger partial charge in [-0.05, 0) is 85.8 Å². The Morgan fingerprint density at radius 2 is 1.47 bits per heavy atom. The molecule has 1 unspecified atom stereocenters. The van der Waals surface area contributed by atoms with Crippen molar-refractivity contribution >= 4 is 43.2 Å². The summed E-state index contributed by atoms with van der Waals surface area (Å²) >= 11 is 1.50. The maximum atomic E-state index is 13.7. The summed E-state index contributed by atoms with van der Waals surface area (Å²) in [7, 11) is -7.42. The quantitative estimate of drug-likeness (QED) is 0.312. The van der Waals surface area contributed by atoms with E-state index in [1.807, 2.05) is 20.1 Å². The van der Waals surface area contributed by atoms with E-state index < -0.39 is 38.4 Å². The van der Waals surface area contributed by atoms with E-state index in [4.69, 9.17) is 4.74 Å². The number of carbonyl (C=O) groups excluding carboxylic acids is 1. The Kier molecular flexibility index (Phi) is 9.86. The summed E-state index contributed by atoms with van der Waals surface area (Å²) in [6, 6.07) is 18.9. The van der Waals surface area contributed by atoms with Gasteiger partial charge in [0.2, 0.25) is 5.91 Å². The minimum atomic E-state index is -4.07. The Morgan fingerprint density at radius 3 is 1.97 bits per heavy atom. The number of nitrogens with one attached hydrogen (secondary N) is 1. The summed E-state index contributed by atoms with van der Waals surface area (Å²) < 4.78 is 57.5. The zero-order valence-corrected chi connectivity index (χ0v) is 24.2. The first-order valence-corrected chi connectivity index (χ1v) is 16.5. The van der Waals surface area contributed by atoms with Gasteiger partial charge in [0.05, 0.1) is 28.1 Å². The zero-order valence-electron chi connectivity index (χ0n) is 21.7. The number of thioether (sulfide) groups is 1. The molecule has 1 amide bonds. The van der Waals surface area contributed by atoms with Gasteiger partial charge in [0.25, 0.3) is 10.0 Å². The highest BCUT2D eigenvalue weighted by atomic mass is 32.2. The number of benzene rings is 3. The summed E-state index contributed by atoms with van der Waals surface area (Å²) in [6.07, 6.45) is 3.56. The van der Waals surface area contributed by atoms with Gasteiger partial charge in [0, 0.05) is 11.2 Å². The number of sulfonamides is 1. The molecule has 1 atom stereocenters. The van der Waals surface area contributed by atoms with Crippen LogP contribution in [0.2, 0.25) is 0 Å². The van der Waals surface area contributed by atoms with Gasteiger partial charge >= 0.3 is 0 Å². The first kappa shape index (κ1) is 29.5. The first-order chi connectivity index (χ1) is 18.0. The second-order valence-electron chi connectivity index (χ2n) is 8.48. The lowest BCUT2D eigenvalue weighted by atomic mass is 10.0. The first-order valence-electron chi connectivity index (χ1n) is 12.0. The van der Waals surface area contributed by atoms with Crippen LogP contribution in [0.1, 0.15) is 31.9 Å². The van der Waals surface area contributed by atoms with Crippen LogP contribution in [-0.4, -0.2) is 48.4 Å². The fraction of sp³-hybridized carbons (Fsp3) is 0.296. The third kappa shape index (κ3) is 7.30. The Morgan fingerprint density at radius 1 is 0.895 bits per heavy atom. The molecule has 1 N–H and O–H groups in total. The van der Waals surface area contributed by atoms with Crippen molar-refractivity contribution in [1.82, 2.24) is 5.32 Å². The van der Waals surface area contributed by atoms with Crippen molar-refractivity contribution in [2.75, 3.05) is 30.0 Å². The average Bonchev–Trinajstić information content (AvgIpc) is 2.90. The molecule has 0 fully saturated rings. The van der Waals surface area contributed by atoms with Crippen molar-refractivity contribution in [3.05, 3.63) is 78.4 Å². The number of anilines is 1. The molecule has 11 heteroatoms. The van der Waals surface area contributed by atoms with Crippen molar-refractivity contribution in [1.29, 1.82) is 0 Å². The van der Waals surface area contributed by atoms with Crippen LogP contribution in [0.4, 0.5) is 5.69 Å². The summed E-state index contributed by atoms with van der Waals surface area (Å²) in [5.74, 6) is 0.0909. The minimum absolute atomic E-state index is 0.0698. The van der Waals surface area contributed by atoms with E-state index in [0.717, 1.165) is 21.0 Å². The summed E-state index contributed by atoms with van der Waals surface area (Å²) in [5.41, 5.74) is 1.04. The van der Waals surface area contributed by atoms with Crippen LogP contribution in [0.3, 0.4) is 0 Å². The predicted molar refractivity (Wildman–Crippen MR) is 151 cm³/mol. The average molecular weight is 577 g/mol. The summed E-state index contributed by atoms with van der Waals surface area (Å²) in [6.45, 7) is 3.75. The van der Waals surface area contributed by atoms with E-state index in [9.17, 15) is 21.6 Å². The molecular weight excluding hydrogens is 545 g/mol. The van der Waals surface area contributed by atoms with E-state index in [1.54, 1.807) is 48.5 Å². The monoisotopic (exact) mass is 576 g/mol. The predicted octanol–water partition coefficient (Wildman–Crippen LogP) is 4.67. The molecular formula is C27H32N2O6S3. The fourth-order valence-electron chi connectivity index (χ4n) is 3.80. The van der Waals surface area contributed by atoms with Crippen LogP contribution < -0.4 is 14.4 Å². The van der Waals surface area contributed by atoms with E-state index in [0.29, 0.717) is 24.5 Å². The van der Waals surface area contributed by atoms with Crippen molar-refractivity contribution in [3.63, 3.8) is 0 Å². The van der Waals surface area contributed by atoms with Crippen LogP contribution in [0.5, 0.6) is 5.75 Å². The van der Waals surface area contributed by atoms with E-state index in [2.05, 4.69) is 5.32 Å². The molecule has 0 aliphatic carbocycles. The molecule has 0 bridgehead atoms. The zero-order chi connectivity index (χ0) is 27.9. The highest BCUT2D eigenvalue weighted by molar-refractivity contribution is 7.98. The molecule has 204 valence electrons. The Bertz CT molecular complexity index is 1440. The Balaban J connectivity index is 1.90. The molecule has 0 radical (unpaired) electrons. The largest absolute Gasteiger partial charge is 0.494 e. The molecule has 0 saturated heterocycles. The number of sulfone groups is 1. The number of carbonyl (C=O) groups is 1. The minimum Gasteiger partial charge on any atom is -0.494 e. The molecule has 0 aliphatic heterocycles. The van der Waals surface area contributed by atoms with Crippen LogP contribution in [0.15, 0.2) is 87.5 Å². The van der Waals surface area contributed by atoms with Gasteiger partial charge in [-0.15, -0.1) is 11.8 Å². The summed E-state index contributed by atoms with van der Waals surface area (Å²) in [4.78, 5) is 14.4. The lowest BCUT2D eigenvalue weighted by Crippen LogP contribution is -2.42. The van der Waals surface area contributed by atoms with Crippen LogP contribution in [0.25, 0.3) is 0 Å². The van der Waals surface area contributed by atoms with Crippen LogP contribution >= 0.6 is 11.8 Å². The Labute approximate surface area is 229 Å². The topological polar surface area (TPSA) is 110 Å². The number of amides is 1. The SMILES string of the molecule is CCOc1ccc(N(CC(=O)NC(CC)c2ccc(S(C)(=O)=O)cc2)S(=O)(=O)c2ccc(SC)cc2)cc1. The summed E-state index contributed by atoms with van der Waals surface area (Å²) in [5, 5.41) is 2.89. The number of ether oxygens (including phenoxy) is 1. The van der Waals surface area contributed by atoms with Crippen molar-refractivity contribution in [2.24, 2.45) is 0 Å². The van der Waals surface area contributed by atoms with Crippen LogP contribution in [0, 0.1) is 0 Å². The van der Waals surface area contributed by atoms with Gasteiger partial charge in [0.1, 0.15) is 12.3 Å². The van der Waals surface area contributed by atoms with Gasteiger partial charge in [-0.25, -0.2) is 16.8 Å². The van der Waals surface area contributed by atoms with Crippen molar-refractivity contribution in [3.8, 4) is 5.75 Å². The lowest BCUT2D eigenvalue weighted by molar-refractivity contribution is -0.120. The molecule has 38 heavy (non-hydrogen) atoms. The van der Waals surface area contributed by atoms with E-state index in [1.165, 1.54) is 36.0 Å². The number of hydrogen-bond donors (Lipinski definition) is 1. The molecule has 0 aliphatic rings. The standard InChI is InChI=1S/C27H32N2O6S3/c1-5-26(20-7-15-24(16-8-20)37(4,31)32)28-27(30)19-29(21-9-11-22(12-10-21)35-6-2)38(33,34)25-17-13-23(36-3)14-18-25/h7-18,26H,5-6,19H2,1-4H3,(H,28,30). The van der Waals surface area contributed by atoms with Gasteiger partial charge in [-0.3, -0.25) is 9.10 Å². The third-order valence-corrected chi connectivity index (χ3v) is 9.48. The van der Waals surface area contributed by atoms with Crippen molar-refractivity contribution in [2.45, 2.75) is 41.0 Å². The highest BCUT2D eigenvalue weighted by Gasteiger charge is 2.28. The highest BCUT2D eigenvalue weighted by Crippen LogP contribution is 2.27. The fourth-order valence-corrected chi connectivity index (χ4v) is 6.26. The van der Waals surface area contributed by atoms with Crippen LogP contribution in [-0.2, 0) is 24.7 Å². The van der Waals surface area contributed by atoms with Gasteiger partial charge in [-0.1, -0.05) is 19.1 Å². The lowest BCUT2D eigenvalue weighted by Gasteiger charge is -2.26. The molecule has 3 rings (SSSR count). The second kappa shape index (κ2) is 12.7. The van der Waals surface area contributed by atoms with Gasteiger partial charge < -0.3 is 10.1 Å². The van der Waals surface area contributed by atoms with E-state index >= 15 is 0 Å². The molecule has 8 nitrogen and oxygen atoms in total. The van der Waals surface area contributed by atoms with Gasteiger partial charge in [-0.2, -0.15) is 0 Å². The molecule has 0 aromatic heterocycles. The smallest absolute Gasteiger partial charge is 0.264 e. The normalized spacial score (nSPS) is 12.5. The number of hydrogen-bond acceptors (Lipinski definition) is 7. The maximum absolute atomic E-state index is 13.7. The van der Waals surface area contributed by atoms with Crippen molar-refractivity contribution < 1.29 is 26.4 Å². The Hall–Kier alpha value is -3.02. The molecule has 0 spiro atoms. The molecule has 3 aromatic carbocycles. The third-order valence-electron chi connectivity index (χ3n) is 5.82. The number of nitrogens with zero attached hydrogens (tertiary/aromatic N) is 1.